The normalized spacial score (nSPS) is 16.0. The highest BCUT2D eigenvalue weighted by Gasteiger charge is 2.35. The molecule has 1 aliphatic rings. The summed E-state index contributed by atoms with van der Waals surface area (Å²) in [6.07, 6.45) is -3.12. The molecule has 0 aliphatic carbocycles. The Morgan fingerprint density at radius 2 is 1.85 bits per heavy atom. The van der Waals surface area contributed by atoms with Crippen LogP contribution in [0.5, 0.6) is 5.75 Å². The number of carbonyl (C=O) groups excluding carboxylic acids is 1. The molecule has 1 fully saturated rings. The van der Waals surface area contributed by atoms with Gasteiger partial charge in [-0.15, -0.1) is 0 Å². The van der Waals surface area contributed by atoms with Gasteiger partial charge in [0.2, 0.25) is 5.95 Å². The van der Waals surface area contributed by atoms with Crippen LogP contribution in [0.25, 0.3) is 0 Å². The van der Waals surface area contributed by atoms with Crippen molar-refractivity contribution < 1.29 is 32.2 Å². The van der Waals surface area contributed by atoms with Gasteiger partial charge in [-0.05, 0) is 106 Å². The number of halogens is 5. The second-order valence-electron chi connectivity index (χ2n) is 12.2. The number of rotatable bonds is 9. The molecule has 4 aromatic rings. The zero-order valence-corrected chi connectivity index (χ0v) is 27.6. The molecule has 1 amide bonds. The third-order valence-corrected chi connectivity index (χ3v) is 8.70. The van der Waals surface area contributed by atoms with Crippen molar-refractivity contribution in [3.63, 3.8) is 0 Å². The first-order valence-electron chi connectivity index (χ1n) is 15.4. The number of carboxylic acid groups (broad SMARTS) is 1. The molecule has 5 rings (SSSR count). The maximum atomic E-state index is 15.0. The van der Waals surface area contributed by atoms with E-state index in [1.54, 1.807) is 32.0 Å². The molecule has 1 aromatic heterocycles. The zero-order chi connectivity index (χ0) is 34.7. The fraction of sp³-hybridized carbons (Fsp3) is 0.343. The summed E-state index contributed by atoms with van der Waals surface area (Å²) in [4.78, 5) is 24.4. The number of amides is 1. The van der Waals surface area contributed by atoms with Crippen LogP contribution in [0.2, 0.25) is 5.02 Å². The molecule has 48 heavy (non-hydrogen) atoms. The highest BCUT2D eigenvalue weighted by molar-refractivity contribution is 6.31. The van der Waals surface area contributed by atoms with Gasteiger partial charge in [-0.25, -0.2) is 9.37 Å². The maximum Gasteiger partial charge on any atom is 0.416 e. The number of hydrogen-bond acceptors (Lipinski definition) is 7. The Morgan fingerprint density at radius 1 is 1.12 bits per heavy atom. The zero-order valence-electron chi connectivity index (χ0n) is 26.9. The summed E-state index contributed by atoms with van der Waals surface area (Å²) in [6.45, 7) is 7.61. The minimum atomic E-state index is -4.72. The van der Waals surface area contributed by atoms with Crippen molar-refractivity contribution in [2.45, 2.75) is 45.8 Å². The van der Waals surface area contributed by atoms with E-state index in [0.717, 1.165) is 54.6 Å². The molecule has 1 aliphatic heterocycles. The predicted octanol–water partition coefficient (Wildman–Crippen LogP) is 7.62. The first kappa shape index (κ1) is 34.9. The van der Waals surface area contributed by atoms with Gasteiger partial charge < -0.3 is 29.8 Å². The van der Waals surface area contributed by atoms with Crippen LogP contribution >= 0.6 is 11.6 Å². The van der Waals surface area contributed by atoms with Gasteiger partial charge in [-0.3, -0.25) is 0 Å². The second-order valence-corrected chi connectivity index (χ2v) is 12.6. The number of alkyl halides is 3. The number of benzene rings is 3. The average Bonchev–Trinajstić information content (AvgIpc) is 2.99. The van der Waals surface area contributed by atoms with Crippen LogP contribution in [-0.2, 0) is 6.18 Å². The Balaban J connectivity index is 1.49. The van der Waals surface area contributed by atoms with E-state index in [9.17, 15) is 23.1 Å². The topological polar surface area (TPSA) is 93.7 Å². The molecular formula is C35H35ClF4N5O3-. The number of nitrogens with one attached hydrogen (secondary N) is 1. The van der Waals surface area contributed by atoms with Crippen molar-refractivity contribution in [1.29, 1.82) is 0 Å². The van der Waals surface area contributed by atoms with Crippen molar-refractivity contribution in [2.75, 3.05) is 37.0 Å². The Bertz CT molecular complexity index is 1780. The van der Waals surface area contributed by atoms with Crippen molar-refractivity contribution in [2.24, 2.45) is 5.92 Å². The van der Waals surface area contributed by atoms with Crippen molar-refractivity contribution in [3.05, 3.63) is 105 Å². The number of aryl methyl sites for hydroxylation is 3. The van der Waals surface area contributed by atoms with E-state index in [-0.39, 0.29) is 33.8 Å². The molecule has 13 heteroatoms. The number of ether oxygens (including phenoxy) is 1. The van der Waals surface area contributed by atoms with Gasteiger partial charge in [-0.2, -0.15) is 18.2 Å². The van der Waals surface area contributed by atoms with Gasteiger partial charge in [-0.1, -0.05) is 29.3 Å². The van der Waals surface area contributed by atoms with Crippen LogP contribution in [0.3, 0.4) is 0 Å². The lowest BCUT2D eigenvalue weighted by Crippen LogP contribution is -2.45. The highest BCUT2D eigenvalue weighted by Crippen LogP contribution is 2.42. The van der Waals surface area contributed by atoms with E-state index < -0.39 is 29.7 Å². The molecule has 254 valence electrons. The van der Waals surface area contributed by atoms with Crippen molar-refractivity contribution >= 4 is 35.1 Å². The van der Waals surface area contributed by atoms with E-state index in [1.165, 1.54) is 24.4 Å². The Kier molecular flexibility index (Phi) is 10.4. The van der Waals surface area contributed by atoms with Gasteiger partial charge in [0, 0.05) is 35.4 Å². The molecule has 0 spiro atoms. The number of likely N-dealkylation sites (tertiary alicyclic amines) is 1. The van der Waals surface area contributed by atoms with E-state index in [1.807, 2.05) is 14.0 Å². The summed E-state index contributed by atoms with van der Waals surface area (Å²) >= 11 is 6.50. The molecule has 3 aromatic carbocycles. The Labute approximate surface area is 281 Å². The quantitative estimate of drug-likeness (QED) is 0.181. The Hall–Kier alpha value is -4.42. The SMILES string of the molecule is Cc1cc(C)c(C(c2cc(C(F)(F)F)ccc2Cl)N(C(=O)[O-])c2ccnc(Nc3ccc(OCC4CCCN(C)C4)c(F)c3)n2)c(C)c1. The summed E-state index contributed by atoms with van der Waals surface area (Å²) < 4.78 is 62.4. The predicted molar refractivity (Wildman–Crippen MR) is 174 cm³/mol. The number of anilines is 3. The lowest BCUT2D eigenvalue weighted by Gasteiger charge is -2.36. The van der Waals surface area contributed by atoms with Crippen LogP contribution in [0.15, 0.2) is 60.8 Å². The molecule has 1 saturated heterocycles. The molecular weight excluding hydrogens is 650 g/mol. The van der Waals surface area contributed by atoms with Gasteiger partial charge in [0.25, 0.3) is 0 Å². The van der Waals surface area contributed by atoms with Gasteiger partial charge >= 0.3 is 6.18 Å². The number of nitrogens with zero attached hydrogens (tertiary/aromatic N) is 4. The molecule has 0 bridgehead atoms. The molecule has 0 radical (unpaired) electrons. The number of piperidine rings is 1. The highest BCUT2D eigenvalue weighted by atomic mass is 35.5. The summed E-state index contributed by atoms with van der Waals surface area (Å²) in [5.41, 5.74) is 1.68. The van der Waals surface area contributed by atoms with Crippen molar-refractivity contribution in [1.82, 2.24) is 14.9 Å². The first-order chi connectivity index (χ1) is 22.7. The molecule has 2 heterocycles. The number of hydrogen-bond donors (Lipinski definition) is 1. The van der Waals surface area contributed by atoms with Crippen LogP contribution in [0, 0.1) is 32.5 Å². The number of aromatic nitrogens is 2. The average molecular weight is 685 g/mol. The van der Waals surface area contributed by atoms with E-state index in [2.05, 4.69) is 20.2 Å². The fourth-order valence-electron chi connectivity index (χ4n) is 6.29. The minimum absolute atomic E-state index is 0.0840. The van der Waals surface area contributed by atoms with Gasteiger partial charge in [0.15, 0.2) is 11.6 Å². The standard InChI is InChI=1S/C35H36ClF4N5O3/c1-20-14-21(2)31(22(3)15-20)32(26-16-24(35(38,39)40)7-9-27(26)36)45(34(46)47)30-11-12-41-33(43-30)42-25-8-10-29(28(37)17-25)48-19-23-6-5-13-44(4)18-23/h7-12,14-17,23,32H,5-6,13,18-19H2,1-4H3,(H,46,47)(H,41,42,43)/p-1. The summed E-state index contributed by atoms with van der Waals surface area (Å²) in [7, 11) is 2.04. The molecule has 0 saturated carbocycles. The number of carbonyl (C=O) groups is 1. The van der Waals surface area contributed by atoms with Gasteiger partial charge in [0.1, 0.15) is 11.9 Å². The maximum absolute atomic E-state index is 15.0. The molecule has 2 unspecified atom stereocenters. The Morgan fingerprint density at radius 3 is 2.50 bits per heavy atom. The molecule has 1 N–H and O–H groups in total. The van der Waals surface area contributed by atoms with Gasteiger partial charge in [0.05, 0.1) is 18.2 Å². The first-order valence-corrected chi connectivity index (χ1v) is 15.7. The lowest BCUT2D eigenvalue weighted by atomic mass is 9.88. The summed E-state index contributed by atoms with van der Waals surface area (Å²) in [5.74, 6) is -0.519. The van der Waals surface area contributed by atoms with Crippen LogP contribution in [0.1, 0.15) is 52.3 Å². The fourth-order valence-corrected chi connectivity index (χ4v) is 6.51. The van der Waals surface area contributed by atoms with Crippen LogP contribution < -0.4 is 20.1 Å². The largest absolute Gasteiger partial charge is 0.530 e. The summed E-state index contributed by atoms with van der Waals surface area (Å²) in [5, 5.41) is 15.7. The van der Waals surface area contributed by atoms with E-state index in [4.69, 9.17) is 16.3 Å². The third-order valence-electron chi connectivity index (χ3n) is 8.36. The summed E-state index contributed by atoms with van der Waals surface area (Å²) in [6, 6.07) is 10.5. The third kappa shape index (κ3) is 7.99. The lowest BCUT2D eigenvalue weighted by molar-refractivity contribution is -0.247. The van der Waals surface area contributed by atoms with E-state index in [0.29, 0.717) is 29.2 Å². The van der Waals surface area contributed by atoms with Crippen molar-refractivity contribution in [3.8, 4) is 5.75 Å². The van der Waals surface area contributed by atoms with Crippen LogP contribution in [-0.4, -0.2) is 47.7 Å². The molecule has 2 atom stereocenters. The van der Waals surface area contributed by atoms with E-state index >= 15 is 4.39 Å². The smallest absolute Gasteiger partial charge is 0.416 e. The second kappa shape index (κ2) is 14.4. The monoisotopic (exact) mass is 684 g/mol. The minimum Gasteiger partial charge on any atom is -0.530 e. The van der Waals surface area contributed by atoms with Crippen LogP contribution in [0.4, 0.5) is 39.8 Å². The molecule has 8 nitrogen and oxygen atoms in total.